The lowest BCUT2D eigenvalue weighted by molar-refractivity contribution is -0.235. The molecule has 2 heterocycles. The van der Waals surface area contributed by atoms with Crippen LogP contribution in [0.25, 0.3) is 0 Å². The summed E-state index contributed by atoms with van der Waals surface area (Å²) >= 11 is 0. The van der Waals surface area contributed by atoms with Gasteiger partial charge in [-0.2, -0.15) is 0 Å². The Balaban J connectivity index is 2.03. The quantitative estimate of drug-likeness (QED) is 0.648. The molecule has 4 heteroatoms. The largest absolute Gasteiger partial charge is 0.392 e. The van der Waals surface area contributed by atoms with Crippen LogP contribution in [0.3, 0.4) is 0 Å². The van der Waals surface area contributed by atoms with Crippen molar-refractivity contribution in [1.29, 1.82) is 0 Å². The minimum atomic E-state index is -0.411. The average molecular weight is 201 g/mol. The molecule has 2 rings (SSSR count). The summed E-state index contributed by atoms with van der Waals surface area (Å²) in [4.78, 5) is 2.33. The standard InChI is InChI=1S/C10H19NO3/c1-13-10(14-2)3-4-11-7-9(12)5-8(11)6-10/h8-9,12H,3-7H2,1-2H3/t8-,9+/m0/s1. The SMILES string of the molecule is COC1(OC)CCN2C[C@H](O)C[C@H]2C1. The van der Waals surface area contributed by atoms with E-state index in [2.05, 4.69) is 4.90 Å². The fourth-order valence-electron chi connectivity index (χ4n) is 2.67. The molecule has 4 nitrogen and oxygen atoms in total. The van der Waals surface area contributed by atoms with Crippen molar-refractivity contribution in [2.75, 3.05) is 27.3 Å². The second-order valence-electron chi connectivity index (χ2n) is 4.31. The van der Waals surface area contributed by atoms with Gasteiger partial charge in [-0.1, -0.05) is 0 Å². The minimum Gasteiger partial charge on any atom is -0.392 e. The molecule has 2 aliphatic heterocycles. The van der Waals surface area contributed by atoms with E-state index in [-0.39, 0.29) is 6.10 Å². The van der Waals surface area contributed by atoms with Crippen molar-refractivity contribution < 1.29 is 14.6 Å². The molecule has 0 saturated carbocycles. The van der Waals surface area contributed by atoms with Crippen LogP contribution in [0.15, 0.2) is 0 Å². The van der Waals surface area contributed by atoms with E-state index in [0.29, 0.717) is 6.04 Å². The monoisotopic (exact) mass is 201 g/mol. The lowest BCUT2D eigenvalue weighted by Gasteiger charge is -2.41. The smallest absolute Gasteiger partial charge is 0.170 e. The van der Waals surface area contributed by atoms with Crippen LogP contribution in [0.5, 0.6) is 0 Å². The number of aliphatic hydroxyl groups excluding tert-OH is 1. The summed E-state index contributed by atoms with van der Waals surface area (Å²) in [6, 6.07) is 0.429. The lowest BCUT2D eigenvalue weighted by Crippen LogP contribution is -2.49. The molecule has 2 atom stereocenters. The number of ether oxygens (including phenoxy) is 2. The van der Waals surface area contributed by atoms with Crippen LogP contribution < -0.4 is 0 Å². The van der Waals surface area contributed by atoms with Gasteiger partial charge in [0.25, 0.3) is 0 Å². The van der Waals surface area contributed by atoms with Gasteiger partial charge in [0, 0.05) is 46.2 Å². The van der Waals surface area contributed by atoms with Gasteiger partial charge in [0.2, 0.25) is 0 Å². The zero-order valence-corrected chi connectivity index (χ0v) is 8.90. The summed E-state index contributed by atoms with van der Waals surface area (Å²) in [6.07, 6.45) is 2.46. The Kier molecular flexibility index (Phi) is 2.79. The highest BCUT2D eigenvalue weighted by atomic mass is 16.7. The third-order valence-corrected chi connectivity index (χ3v) is 3.58. The molecule has 82 valence electrons. The highest BCUT2D eigenvalue weighted by Crippen LogP contribution is 2.35. The maximum absolute atomic E-state index is 9.55. The average Bonchev–Trinajstić information content (AvgIpc) is 2.56. The van der Waals surface area contributed by atoms with Crippen molar-refractivity contribution in [3.8, 4) is 0 Å². The zero-order valence-electron chi connectivity index (χ0n) is 8.90. The molecule has 2 aliphatic rings. The van der Waals surface area contributed by atoms with Gasteiger partial charge in [-0.05, 0) is 6.42 Å². The van der Waals surface area contributed by atoms with Gasteiger partial charge in [0.1, 0.15) is 0 Å². The summed E-state index contributed by atoms with van der Waals surface area (Å²) in [5.74, 6) is -0.411. The van der Waals surface area contributed by atoms with Gasteiger partial charge >= 0.3 is 0 Å². The topological polar surface area (TPSA) is 41.9 Å². The fraction of sp³-hybridized carbons (Fsp3) is 1.00. The Labute approximate surface area is 84.8 Å². The fourth-order valence-corrected chi connectivity index (χ4v) is 2.67. The highest BCUT2D eigenvalue weighted by Gasteiger charge is 2.44. The third-order valence-electron chi connectivity index (χ3n) is 3.58. The molecule has 0 aromatic heterocycles. The first-order valence-electron chi connectivity index (χ1n) is 5.21. The maximum atomic E-state index is 9.55. The molecule has 14 heavy (non-hydrogen) atoms. The molecular formula is C10H19NO3. The first-order chi connectivity index (χ1) is 6.69. The second kappa shape index (κ2) is 3.77. The third kappa shape index (κ3) is 1.67. The van der Waals surface area contributed by atoms with E-state index >= 15 is 0 Å². The first kappa shape index (κ1) is 10.4. The highest BCUT2D eigenvalue weighted by molar-refractivity contribution is 4.94. The van der Waals surface area contributed by atoms with Crippen LogP contribution in [0, 0.1) is 0 Å². The van der Waals surface area contributed by atoms with Crippen molar-refractivity contribution in [2.24, 2.45) is 0 Å². The molecule has 0 aromatic carbocycles. The van der Waals surface area contributed by atoms with Crippen LogP contribution in [0.4, 0.5) is 0 Å². The number of rotatable bonds is 2. The Hall–Kier alpha value is -0.160. The van der Waals surface area contributed by atoms with Crippen molar-refractivity contribution in [3.05, 3.63) is 0 Å². The number of aliphatic hydroxyl groups is 1. The Morgan fingerprint density at radius 3 is 2.71 bits per heavy atom. The van der Waals surface area contributed by atoms with E-state index < -0.39 is 5.79 Å². The molecular weight excluding hydrogens is 182 g/mol. The summed E-state index contributed by atoms with van der Waals surface area (Å²) in [6.45, 7) is 1.78. The van der Waals surface area contributed by atoms with Crippen molar-refractivity contribution in [2.45, 2.75) is 37.2 Å². The van der Waals surface area contributed by atoms with Gasteiger partial charge in [-0.25, -0.2) is 0 Å². The van der Waals surface area contributed by atoms with Gasteiger partial charge in [-0.15, -0.1) is 0 Å². The van der Waals surface area contributed by atoms with E-state index in [4.69, 9.17) is 9.47 Å². The van der Waals surface area contributed by atoms with Crippen LogP contribution in [0.1, 0.15) is 19.3 Å². The number of nitrogens with zero attached hydrogens (tertiary/aromatic N) is 1. The maximum Gasteiger partial charge on any atom is 0.170 e. The Morgan fingerprint density at radius 1 is 1.36 bits per heavy atom. The second-order valence-corrected chi connectivity index (χ2v) is 4.31. The molecule has 0 aromatic rings. The van der Waals surface area contributed by atoms with E-state index in [1.807, 2.05) is 0 Å². The molecule has 0 unspecified atom stereocenters. The lowest BCUT2D eigenvalue weighted by atomic mass is 9.96. The van der Waals surface area contributed by atoms with E-state index in [9.17, 15) is 5.11 Å². The molecule has 0 spiro atoms. The first-order valence-corrected chi connectivity index (χ1v) is 5.21. The Bertz CT molecular complexity index is 206. The van der Waals surface area contributed by atoms with Crippen LogP contribution in [-0.4, -0.2) is 55.2 Å². The zero-order chi connectivity index (χ0) is 10.2. The number of piperidine rings is 1. The van der Waals surface area contributed by atoms with E-state index in [0.717, 1.165) is 32.4 Å². The molecule has 0 bridgehead atoms. The van der Waals surface area contributed by atoms with Crippen LogP contribution in [0.2, 0.25) is 0 Å². The molecule has 0 radical (unpaired) electrons. The molecule has 1 N–H and O–H groups in total. The molecule has 2 saturated heterocycles. The summed E-state index contributed by atoms with van der Waals surface area (Å²) < 4.78 is 10.9. The predicted octanol–water partition coefficient (Wildman–Crippen LogP) is 0.204. The summed E-state index contributed by atoms with van der Waals surface area (Å²) in [5, 5.41) is 9.55. The van der Waals surface area contributed by atoms with Gasteiger partial charge in [0.05, 0.1) is 6.10 Å². The van der Waals surface area contributed by atoms with E-state index in [1.54, 1.807) is 14.2 Å². The summed E-state index contributed by atoms with van der Waals surface area (Å²) in [7, 11) is 3.40. The van der Waals surface area contributed by atoms with Crippen LogP contribution in [-0.2, 0) is 9.47 Å². The molecule has 2 fully saturated rings. The van der Waals surface area contributed by atoms with Crippen LogP contribution >= 0.6 is 0 Å². The number of methoxy groups -OCH3 is 2. The number of hydrogen-bond donors (Lipinski definition) is 1. The van der Waals surface area contributed by atoms with Gasteiger partial charge < -0.3 is 14.6 Å². The summed E-state index contributed by atoms with van der Waals surface area (Å²) in [5.41, 5.74) is 0. The van der Waals surface area contributed by atoms with E-state index in [1.165, 1.54) is 0 Å². The number of fused-ring (bicyclic) bond motifs is 1. The van der Waals surface area contributed by atoms with Gasteiger partial charge in [0.15, 0.2) is 5.79 Å². The van der Waals surface area contributed by atoms with Gasteiger partial charge in [-0.3, -0.25) is 4.90 Å². The minimum absolute atomic E-state index is 0.162. The van der Waals surface area contributed by atoms with Crippen molar-refractivity contribution >= 4 is 0 Å². The predicted molar refractivity (Wildman–Crippen MR) is 52.0 cm³/mol. The molecule has 0 aliphatic carbocycles. The molecule has 0 amide bonds. The Morgan fingerprint density at radius 2 is 2.07 bits per heavy atom. The normalized spacial score (nSPS) is 37.1. The number of hydrogen-bond acceptors (Lipinski definition) is 4. The van der Waals surface area contributed by atoms with Crippen molar-refractivity contribution in [3.63, 3.8) is 0 Å². The van der Waals surface area contributed by atoms with Crippen molar-refractivity contribution in [1.82, 2.24) is 4.90 Å².